The average molecular weight is 320 g/mol. The van der Waals surface area contributed by atoms with Crippen LogP contribution in [0.1, 0.15) is 35.7 Å². The maximum absolute atomic E-state index is 12.7. The topological polar surface area (TPSA) is 59.1 Å². The van der Waals surface area contributed by atoms with Gasteiger partial charge in [-0.3, -0.25) is 4.79 Å². The SMILES string of the molecule is COC(=O)N1CCN(C(=O)c2ccc(OC)c(C(C)C)c2)CC1. The Morgan fingerprint density at radius 3 is 2.17 bits per heavy atom. The van der Waals surface area contributed by atoms with Crippen molar-refractivity contribution in [1.82, 2.24) is 9.80 Å². The van der Waals surface area contributed by atoms with E-state index in [1.54, 1.807) is 23.0 Å². The lowest BCUT2D eigenvalue weighted by Crippen LogP contribution is -2.50. The molecule has 0 saturated carbocycles. The first-order valence-corrected chi connectivity index (χ1v) is 7.78. The van der Waals surface area contributed by atoms with E-state index in [1.807, 2.05) is 12.1 Å². The molecule has 0 bridgehead atoms. The number of benzene rings is 1. The van der Waals surface area contributed by atoms with Gasteiger partial charge in [-0.2, -0.15) is 0 Å². The minimum absolute atomic E-state index is 0.0148. The molecule has 0 unspecified atom stereocenters. The predicted octanol–water partition coefficient (Wildman–Crippen LogP) is 2.34. The second kappa shape index (κ2) is 7.35. The van der Waals surface area contributed by atoms with Crippen molar-refractivity contribution in [3.05, 3.63) is 29.3 Å². The number of hydrogen-bond donors (Lipinski definition) is 0. The Bertz CT molecular complexity index is 578. The summed E-state index contributed by atoms with van der Waals surface area (Å²) in [5, 5.41) is 0. The number of nitrogens with zero attached hydrogens (tertiary/aromatic N) is 2. The second-order valence-electron chi connectivity index (χ2n) is 5.86. The monoisotopic (exact) mass is 320 g/mol. The molecule has 1 aliphatic heterocycles. The summed E-state index contributed by atoms with van der Waals surface area (Å²) in [6, 6.07) is 5.53. The maximum atomic E-state index is 12.7. The quantitative estimate of drug-likeness (QED) is 0.858. The predicted molar refractivity (Wildman–Crippen MR) is 87.0 cm³/mol. The largest absolute Gasteiger partial charge is 0.496 e. The van der Waals surface area contributed by atoms with E-state index in [9.17, 15) is 9.59 Å². The first-order valence-electron chi connectivity index (χ1n) is 7.78. The Morgan fingerprint density at radius 2 is 1.65 bits per heavy atom. The first-order chi connectivity index (χ1) is 11.0. The Balaban J connectivity index is 2.10. The summed E-state index contributed by atoms with van der Waals surface area (Å²) in [6.07, 6.45) is -0.344. The van der Waals surface area contributed by atoms with Gasteiger partial charge in [-0.1, -0.05) is 13.8 Å². The van der Waals surface area contributed by atoms with Crippen LogP contribution >= 0.6 is 0 Å². The van der Waals surface area contributed by atoms with Crippen LogP contribution in [0.4, 0.5) is 4.79 Å². The highest BCUT2D eigenvalue weighted by Gasteiger charge is 2.25. The Kier molecular flexibility index (Phi) is 5.47. The zero-order valence-electron chi connectivity index (χ0n) is 14.2. The minimum atomic E-state index is -0.344. The summed E-state index contributed by atoms with van der Waals surface area (Å²) < 4.78 is 10.1. The molecule has 0 radical (unpaired) electrons. The van der Waals surface area contributed by atoms with Crippen LogP contribution in [0, 0.1) is 0 Å². The summed E-state index contributed by atoms with van der Waals surface area (Å²) in [5.74, 6) is 1.06. The summed E-state index contributed by atoms with van der Waals surface area (Å²) in [7, 11) is 3.00. The summed E-state index contributed by atoms with van der Waals surface area (Å²) in [6.45, 7) is 6.15. The molecule has 1 heterocycles. The smallest absolute Gasteiger partial charge is 0.409 e. The molecule has 0 aromatic heterocycles. The zero-order valence-corrected chi connectivity index (χ0v) is 14.2. The molecule has 0 N–H and O–H groups in total. The van der Waals surface area contributed by atoms with E-state index in [0.717, 1.165) is 11.3 Å². The number of rotatable bonds is 3. The van der Waals surface area contributed by atoms with E-state index in [-0.39, 0.29) is 17.9 Å². The average Bonchev–Trinajstić information content (AvgIpc) is 2.59. The van der Waals surface area contributed by atoms with Gasteiger partial charge < -0.3 is 19.3 Å². The Labute approximate surface area is 137 Å². The molecule has 126 valence electrons. The van der Waals surface area contributed by atoms with Gasteiger partial charge in [-0.15, -0.1) is 0 Å². The van der Waals surface area contributed by atoms with Crippen LogP contribution in [0.25, 0.3) is 0 Å². The van der Waals surface area contributed by atoms with Gasteiger partial charge in [0.1, 0.15) is 5.75 Å². The molecule has 23 heavy (non-hydrogen) atoms. The van der Waals surface area contributed by atoms with Crippen molar-refractivity contribution in [3.8, 4) is 5.75 Å². The molecule has 1 aliphatic rings. The molecule has 0 spiro atoms. The van der Waals surface area contributed by atoms with Crippen LogP contribution < -0.4 is 4.74 Å². The van der Waals surface area contributed by atoms with Crippen molar-refractivity contribution in [2.24, 2.45) is 0 Å². The van der Waals surface area contributed by atoms with Crippen LogP contribution in [0.15, 0.2) is 18.2 Å². The molecular weight excluding hydrogens is 296 g/mol. The lowest BCUT2D eigenvalue weighted by Gasteiger charge is -2.34. The number of ether oxygens (including phenoxy) is 2. The van der Waals surface area contributed by atoms with Crippen LogP contribution in [0.3, 0.4) is 0 Å². The molecule has 0 aliphatic carbocycles. The molecule has 2 rings (SSSR count). The standard InChI is InChI=1S/C17H24N2O4/c1-12(2)14-11-13(5-6-15(14)22-3)16(20)18-7-9-19(10-8-18)17(21)23-4/h5-6,11-12H,7-10H2,1-4H3. The van der Waals surface area contributed by atoms with Crippen LogP contribution in [0.5, 0.6) is 5.75 Å². The first kappa shape index (κ1) is 17.1. The lowest BCUT2D eigenvalue weighted by molar-refractivity contribution is 0.0599. The molecule has 1 saturated heterocycles. The number of methoxy groups -OCH3 is 2. The van der Waals surface area contributed by atoms with Gasteiger partial charge in [-0.05, 0) is 29.7 Å². The van der Waals surface area contributed by atoms with Crippen LogP contribution in [-0.2, 0) is 4.74 Å². The highest BCUT2D eigenvalue weighted by molar-refractivity contribution is 5.94. The zero-order chi connectivity index (χ0) is 17.0. The second-order valence-corrected chi connectivity index (χ2v) is 5.86. The van der Waals surface area contributed by atoms with Gasteiger partial charge in [0.15, 0.2) is 0 Å². The van der Waals surface area contributed by atoms with Crippen molar-refractivity contribution in [2.45, 2.75) is 19.8 Å². The maximum Gasteiger partial charge on any atom is 0.409 e. The Morgan fingerprint density at radius 1 is 1.04 bits per heavy atom. The molecular formula is C17H24N2O4. The minimum Gasteiger partial charge on any atom is -0.496 e. The van der Waals surface area contributed by atoms with E-state index >= 15 is 0 Å². The molecule has 6 nitrogen and oxygen atoms in total. The fraction of sp³-hybridized carbons (Fsp3) is 0.529. The van der Waals surface area contributed by atoms with Gasteiger partial charge in [-0.25, -0.2) is 4.79 Å². The van der Waals surface area contributed by atoms with Crippen molar-refractivity contribution in [3.63, 3.8) is 0 Å². The van der Waals surface area contributed by atoms with Crippen LogP contribution in [0.2, 0.25) is 0 Å². The third-order valence-electron chi connectivity index (χ3n) is 4.10. The fourth-order valence-corrected chi connectivity index (χ4v) is 2.72. The molecule has 1 fully saturated rings. The number of amides is 2. The summed E-state index contributed by atoms with van der Waals surface area (Å²) >= 11 is 0. The van der Waals surface area contributed by atoms with Gasteiger partial charge in [0.2, 0.25) is 0 Å². The van der Waals surface area contributed by atoms with Crippen molar-refractivity contribution >= 4 is 12.0 Å². The molecule has 1 aromatic carbocycles. The molecule has 6 heteroatoms. The van der Waals surface area contributed by atoms with E-state index in [4.69, 9.17) is 9.47 Å². The van der Waals surface area contributed by atoms with Crippen molar-refractivity contribution in [2.75, 3.05) is 40.4 Å². The van der Waals surface area contributed by atoms with E-state index in [0.29, 0.717) is 31.7 Å². The van der Waals surface area contributed by atoms with Gasteiger partial charge in [0.05, 0.1) is 14.2 Å². The molecule has 2 amide bonds. The van der Waals surface area contributed by atoms with Crippen LogP contribution in [-0.4, -0.2) is 62.2 Å². The van der Waals surface area contributed by atoms with Gasteiger partial charge in [0, 0.05) is 31.7 Å². The highest BCUT2D eigenvalue weighted by atomic mass is 16.5. The van der Waals surface area contributed by atoms with E-state index < -0.39 is 0 Å². The third kappa shape index (κ3) is 3.75. The highest BCUT2D eigenvalue weighted by Crippen LogP contribution is 2.27. The third-order valence-corrected chi connectivity index (χ3v) is 4.10. The van der Waals surface area contributed by atoms with Gasteiger partial charge in [0.25, 0.3) is 5.91 Å². The Hall–Kier alpha value is -2.24. The number of carbonyl (C=O) groups is 2. The fourth-order valence-electron chi connectivity index (χ4n) is 2.72. The normalized spacial score (nSPS) is 14.8. The lowest BCUT2D eigenvalue weighted by atomic mass is 9.99. The molecule has 1 aromatic rings. The van der Waals surface area contributed by atoms with Crippen molar-refractivity contribution in [1.29, 1.82) is 0 Å². The summed E-state index contributed by atoms with van der Waals surface area (Å²) in [5.41, 5.74) is 1.67. The number of hydrogen-bond acceptors (Lipinski definition) is 4. The van der Waals surface area contributed by atoms with Crippen molar-refractivity contribution < 1.29 is 19.1 Å². The van der Waals surface area contributed by atoms with Gasteiger partial charge >= 0.3 is 6.09 Å². The molecule has 0 atom stereocenters. The number of piperazine rings is 1. The number of carbonyl (C=O) groups excluding carboxylic acids is 2. The van der Waals surface area contributed by atoms with E-state index in [1.165, 1.54) is 7.11 Å². The van der Waals surface area contributed by atoms with E-state index in [2.05, 4.69) is 13.8 Å². The summed E-state index contributed by atoms with van der Waals surface area (Å²) in [4.78, 5) is 27.5.